The third-order valence-corrected chi connectivity index (χ3v) is 5.38. The van der Waals surface area contributed by atoms with Gasteiger partial charge in [0.05, 0.1) is 12.2 Å². The maximum absolute atomic E-state index is 13.1. The highest BCUT2D eigenvalue weighted by atomic mass is 16.5. The Balaban J connectivity index is 1.76. The number of ether oxygens (including phenoxy) is 2. The molecule has 1 saturated heterocycles. The van der Waals surface area contributed by atoms with E-state index in [9.17, 15) is 45.6 Å². The Bertz CT molecular complexity index is 1080. The van der Waals surface area contributed by atoms with Crippen LogP contribution in [-0.2, 0) is 4.74 Å². The van der Waals surface area contributed by atoms with Crippen LogP contribution >= 0.6 is 0 Å². The van der Waals surface area contributed by atoms with Crippen molar-refractivity contribution in [1.82, 2.24) is 0 Å². The molecule has 0 bridgehead atoms. The Morgan fingerprint density at radius 3 is 2.19 bits per heavy atom. The van der Waals surface area contributed by atoms with Gasteiger partial charge in [-0.3, -0.25) is 4.79 Å². The molecule has 32 heavy (non-hydrogen) atoms. The number of hydrogen-bond donors (Lipinski definition) is 8. The van der Waals surface area contributed by atoms with E-state index in [4.69, 9.17) is 9.47 Å². The largest absolute Gasteiger partial charge is 0.508 e. The molecule has 2 heterocycles. The minimum Gasteiger partial charge on any atom is -0.508 e. The average Bonchev–Trinajstić information content (AvgIpc) is 3.05. The van der Waals surface area contributed by atoms with Crippen LogP contribution in [0, 0.1) is 0 Å². The number of phenolic OH excluding ortho intramolecular Hbond substituents is 4. The van der Waals surface area contributed by atoms with E-state index in [-0.39, 0.29) is 33.9 Å². The van der Waals surface area contributed by atoms with Gasteiger partial charge in [-0.05, 0) is 29.8 Å². The van der Waals surface area contributed by atoms with Crippen LogP contribution in [0.5, 0.6) is 28.7 Å². The molecule has 170 valence electrons. The fourth-order valence-electron chi connectivity index (χ4n) is 3.77. The first-order valence-electron chi connectivity index (χ1n) is 9.49. The summed E-state index contributed by atoms with van der Waals surface area (Å²) < 4.78 is 11.0. The number of Topliss-reactive ketones (excluding diaryl/α,β-unsaturated/α-hetero) is 1. The fourth-order valence-corrected chi connectivity index (χ4v) is 3.77. The second-order valence-electron chi connectivity index (χ2n) is 7.51. The maximum atomic E-state index is 13.1. The number of rotatable bonds is 3. The number of carbonyl (C=O) groups excluding carboxylic acids is 1. The van der Waals surface area contributed by atoms with Crippen molar-refractivity contribution >= 4 is 11.9 Å². The predicted molar refractivity (Wildman–Crippen MR) is 105 cm³/mol. The zero-order valence-electron chi connectivity index (χ0n) is 16.3. The lowest BCUT2D eigenvalue weighted by molar-refractivity contribution is -0.231. The summed E-state index contributed by atoms with van der Waals surface area (Å²) in [6.45, 7) is -0.675. The summed E-state index contributed by atoms with van der Waals surface area (Å²) in [4.78, 5) is 13.1. The van der Waals surface area contributed by atoms with Crippen LogP contribution in [0.25, 0.3) is 6.08 Å². The number of allylic oxidation sites excluding steroid dienone is 1. The van der Waals surface area contributed by atoms with Crippen molar-refractivity contribution in [2.45, 2.75) is 30.5 Å². The number of aromatic hydroxyl groups is 4. The zero-order valence-corrected chi connectivity index (χ0v) is 16.3. The fraction of sp³-hybridized carbons (Fsp3) is 0.286. The Morgan fingerprint density at radius 1 is 0.906 bits per heavy atom. The van der Waals surface area contributed by atoms with Crippen LogP contribution in [0.3, 0.4) is 0 Å². The number of aliphatic hydroxyl groups is 4. The van der Waals surface area contributed by atoms with Gasteiger partial charge in [0.15, 0.2) is 23.0 Å². The first kappa shape index (κ1) is 21.9. The van der Waals surface area contributed by atoms with E-state index < -0.39 is 60.2 Å². The summed E-state index contributed by atoms with van der Waals surface area (Å²) in [5, 5.41) is 78.8. The minimum absolute atomic E-state index is 0.0401. The maximum Gasteiger partial charge on any atom is 0.232 e. The van der Waals surface area contributed by atoms with E-state index in [0.717, 1.165) is 24.3 Å². The molecule has 11 heteroatoms. The van der Waals surface area contributed by atoms with Crippen LogP contribution in [0.4, 0.5) is 0 Å². The number of ketones is 1. The number of fused-ring (bicyclic) bond motifs is 1. The van der Waals surface area contributed by atoms with Crippen LogP contribution in [0.1, 0.15) is 27.6 Å². The Labute approximate surface area is 180 Å². The van der Waals surface area contributed by atoms with Gasteiger partial charge in [-0.2, -0.15) is 0 Å². The van der Waals surface area contributed by atoms with Crippen molar-refractivity contribution < 1.29 is 55.1 Å². The number of carbonyl (C=O) groups is 1. The van der Waals surface area contributed by atoms with E-state index in [2.05, 4.69) is 0 Å². The minimum atomic E-state index is -1.70. The molecule has 4 rings (SSSR count). The second kappa shape index (κ2) is 7.97. The van der Waals surface area contributed by atoms with Crippen molar-refractivity contribution in [2.75, 3.05) is 6.61 Å². The van der Waals surface area contributed by atoms with Crippen LogP contribution in [0.15, 0.2) is 30.0 Å². The highest BCUT2D eigenvalue weighted by molar-refractivity contribution is 6.15. The van der Waals surface area contributed by atoms with E-state index in [0.29, 0.717) is 0 Å². The van der Waals surface area contributed by atoms with Gasteiger partial charge in [0, 0.05) is 11.6 Å². The third kappa shape index (κ3) is 3.51. The molecule has 2 aromatic rings. The molecular weight excluding hydrogens is 428 g/mol. The number of hydrogen-bond acceptors (Lipinski definition) is 11. The van der Waals surface area contributed by atoms with E-state index in [1.807, 2.05) is 0 Å². The molecule has 2 aliphatic rings. The first-order valence-corrected chi connectivity index (χ1v) is 9.49. The standard InChI is InChI=1S/C21H20O11/c22-6-14-18(28)19(29)20(30)21(32-14)9-4-8(23)5-12-15(9)17(27)13(31-12)3-7-1-10(24)16(26)11(25)2-7/h1-5,14,18-26,28-30H,6H2/b13-3+/t14-,18-,19+,20-,21+/m1/s1. The lowest BCUT2D eigenvalue weighted by atomic mass is 9.88. The molecule has 11 nitrogen and oxygen atoms in total. The first-order chi connectivity index (χ1) is 15.1. The normalized spacial score (nSPS) is 28.6. The molecule has 1 fully saturated rings. The molecule has 0 spiro atoms. The predicted octanol–water partition coefficient (Wildman–Crippen LogP) is -0.360. The summed E-state index contributed by atoms with van der Waals surface area (Å²) in [5.41, 5.74) is -0.0140. The van der Waals surface area contributed by atoms with Gasteiger partial charge < -0.3 is 50.3 Å². The average molecular weight is 448 g/mol. The number of phenols is 4. The zero-order chi connectivity index (χ0) is 23.3. The van der Waals surface area contributed by atoms with Crippen molar-refractivity contribution in [3.8, 4) is 28.7 Å². The Kier molecular flexibility index (Phi) is 5.44. The molecule has 5 atom stereocenters. The van der Waals surface area contributed by atoms with Gasteiger partial charge >= 0.3 is 0 Å². The highest BCUT2D eigenvalue weighted by Gasteiger charge is 2.46. The molecule has 2 aliphatic heterocycles. The van der Waals surface area contributed by atoms with E-state index >= 15 is 0 Å². The molecule has 8 N–H and O–H groups in total. The van der Waals surface area contributed by atoms with Crippen molar-refractivity contribution in [2.24, 2.45) is 0 Å². The number of aliphatic hydroxyl groups excluding tert-OH is 4. The van der Waals surface area contributed by atoms with Gasteiger partial charge in [0.1, 0.15) is 42.0 Å². The summed E-state index contributed by atoms with van der Waals surface area (Å²) in [6, 6.07) is 4.44. The SMILES string of the molecule is O=C1/C(=C\c2cc(O)c(O)c(O)c2)Oc2cc(O)cc([C@@H]3O[C@H](CO)[C@@H](O)[C@H](O)[C@H]3O)c21. The van der Waals surface area contributed by atoms with Gasteiger partial charge in [-0.25, -0.2) is 0 Å². The molecular formula is C21H20O11. The molecule has 0 radical (unpaired) electrons. The summed E-state index contributed by atoms with van der Waals surface area (Å²) >= 11 is 0. The lowest BCUT2D eigenvalue weighted by Gasteiger charge is -2.40. The summed E-state index contributed by atoms with van der Waals surface area (Å²) in [6.07, 6.45) is -6.43. The van der Waals surface area contributed by atoms with Gasteiger partial charge in [0.25, 0.3) is 0 Å². The number of benzene rings is 2. The molecule has 0 unspecified atom stereocenters. The molecule has 0 aromatic heterocycles. The summed E-state index contributed by atoms with van der Waals surface area (Å²) in [7, 11) is 0. The van der Waals surface area contributed by atoms with Gasteiger partial charge in [0.2, 0.25) is 5.78 Å². The van der Waals surface area contributed by atoms with Crippen LogP contribution < -0.4 is 4.74 Å². The molecule has 0 aliphatic carbocycles. The smallest absolute Gasteiger partial charge is 0.232 e. The van der Waals surface area contributed by atoms with E-state index in [1.54, 1.807) is 0 Å². The molecule has 0 saturated carbocycles. The Hall–Kier alpha value is -3.35. The highest BCUT2D eigenvalue weighted by Crippen LogP contribution is 2.44. The second-order valence-corrected chi connectivity index (χ2v) is 7.51. The molecule has 2 aromatic carbocycles. The lowest BCUT2D eigenvalue weighted by Crippen LogP contribution is -2.55. The quantitative estimate of drug-likeness (QED) is 0.225. The summed E-state index contributed by atoms with van der Waals surface area (Å²) in [5.74, 6) is -3.37. The van der Waals surface area contributed by atoms with Crippen molar-refractivity contribution in [3.63, 3.8) is 0 Å². The monoisotopic (exact) mass is 448 g/mol. The van der Waals surface area contributed by atoms with Gasteiger partial charge in [-0.15, -0.1) is 0 Å². The van der Waals surface area contributed by atoms with Crippen molar-refractivity contribution in [3.05, 3.63) is 46.7 Å². The topological polar surface area (TPSA) is 197 Å². The van der Waals surface area contributed by atoms with Crippen molar-refractivity contribution in [1.29, 1.82) is 0 Å². The van der Waals surface area contributed by atoms with Crippen LogP contribution in [-0.4, -0.2) is 77.7 Å². The Morgan fingerprint density at radius 2 is 1.56 bits per heavy atom. The molecule has 0 amide bonds. The third-order valence-electron chi connectivity index (χ3n) is 5.38. The van der Waals surface area contributed by atoms with Gasteiger partial charge in [-0.1, -0.05) is 0 Å². The van der Waals surface area contributed by atoms with E-state index in [1.165, 1.54) is 6.08 Å². The van der Waals surface area contributed by atoms with Crippen LogP contribution in [0.2, 0.25) is 0 Å².